The summed E-state index contributed by atoms with van der Waals surface area (Å²) in [5.74, 6) is 0.218. The van der Waals surface area contributed by atoms with Crippen LogP contribution in [0.1, 0.15) is 23.0 Å². The van der Waals surface area contributed by atoms with Gasteiger partial charge in [0.1, 0.15) is 0 Å². The van der Waals surface area contributed by atoms with E-state index in [1.807, 2.05) is 6.08 Å². The third kappa shape index (κ3) is 4.82. The first-order valence-electron chi connectivity index (χ1n) is 4.97. The van der Waals surface area contributed by atoms with Crippen molar-refractivity contribution in [1.29, 1.82) is 0 Å². The van der Waals surface area contributed by atoms with Crippen molar-refractivity contribution in [3.63, 3.8) is 0 Å². The summed E-state index contributed by atoms with van der Waals surface area (Å²) in [6.07, 6.45) is 5.12. The van der Waals surface area contributed by atoms with Crippen LogP contribution in [0.25, 0.3) is 6.08 Å². The van der Waals surface area contributed by atoms with E-state index in [0.717, 1.165) is 5.69 Å². The Bertz CT molecular complexity index is 426. The van der Waals surface area contributed by atoms with Gasteiger partial charge in [0.25, 0.3) is 0 Å². The molecule has 5 heteroatoms. The predicted octanol–water partition coefficient (Wildman–Crippen LogP) is 2.16. The standard InChI is InChI=1S/C12H13NO3S/c1-9(14)17-7-3-4-11-6-5-10(8-13-11)12(15)16-2/h3-6,8H,7H2,1-2H3. The van der Waals surface area contributed by atoms with Crippen molar-refractivity contribution in [2.45, 2.75) is 6.92 Å². The second-order valence-corrected chi connectivity index (χ2v) is 4.37. The van der Waals surface area contributed by atoms with Crippen LogP contribution >= 0.6 is 11.8 Å². The number of rotatable bonds is 4. The SMILES string of the molecule is COC(=O)c1ccc(C=CCSC(C)=O)nc1. The fraction of sp³-hybridized carbons (Fsp3) is 0.250. The molecule has 0 bridgehead atoms. The van der Waals surface area contributed by atoms with Gasteiger partial charge < -0.3 is 4.74 Å². The lowest BCUT2D eigenvalue weighted by Crippen LogP contribution is -2.01. The van der Waals surface area contributed by atoms with Crippen LogP contribution in [-0.4, -0.2) is 28.9 Å². The van der Waals surface area contributed by atoms with Gasteiger partial charge >= 0.3 is 5.97 Å². The van der Waals surface area contributed by atoms with Gasteiger partial charge in [-0.15, -0.1) is 0 Å². The second kappa shape index (κ2) is 6.85. The number of carbonyl (C=O) groups is 2. The molecule has 0 aliphatic rings. The Morgan fingerprint density at radius 1 is 1.47 bits per heavy atom. The maximum Gasteiger partial charge on any atom is 0.339 e. The maximum atomic E-state index is 11.1. The van der Waals surface area contributed by atoms with E-state index in [1.54, 1.807) is 18.2 Å². The summed E-state index contributed by atoms with van der Waals surface area (Å²) in [6.45, 7) is 1.53. The van der Waals surface area contributed by atoms with Crippen LogP contribution in [0.2, 0.25) is 0 Å². The average molecular weight is 251 g/mol. The van der Waals surface area contributed by atoms with Crippen LogP contribution in [0.15, 0.2) is 24.4 Å². The zero-order valence-corrected chi connectivity index (χ0v) is 10.5. The highest BCUT2D eigenvalue weighted by molar-refractivity contribution is 8.13. The Labute approximate surface area is 104 Å². The molecule has 1 rings (SSSR count). The number of aromatic nitrogens is 1. The van der Waals surface area contributed by atoms with Gasteiger partial charge in [0, 0.05) is 18.9 Å². The molecule has 0 fully saturated rings. The molecule has 1 heterocycles. The minimum Gasteiger partial charge on any atom is -0.465 e. The highest BCUT2D eigenvalue weighted by Gasteiger charge is 2.03. The number of methoxy groups -OCH3 is 1. The maximum absolute atomic E-state index is 11.1. The Hall–Kier alpha value is -1.62. The molecule has 0 amide bonds. The molecule has 0 N–H and O–H groups in total. The summed E-state index contributed by atoms with van der Waals surface area (Å²) in [6, 6.07) is 3.37. The fourth-order valence-corrected chi connectivity index (χ4v) is 1.50. The minimum absolute atomic E-state index is 0.0867. The molecule has 17 heavy (non-hydrogen) atoms. The van der Waals surface area contributed by atoms with E-state index in [2.05, 4.69) is 9.72 Å². The summed E-state index contributed by atoms with van der Waals surface area (Å²) in [7, 11) is 1.33. The topological polar surface area (TPSA) is 56.3 Å². The Morgan fingerprint density at radius 2 is 2.24 bits per heavy atom. The second-order valence-electron chi connectivity index (χ2n) is 3.17. The zero-order chi connectivity index (χ0) is 12.7. The lowest BCUT2D eigenvalue weighted by molar-refractivity contribution is -0.109. The monoisotopic (exact) mass is 251 g/mol. The van der Waals surface area contributed by atoms with Crippen molar-refractivity contribution < 1.29 is 14.3 Å². The quantitative estimate of drug-likeness (QED) is 0.767. The van der Waals surface area contributed by atoms with E-state index in [0.29, 0.717) is 11.3 Å². The largest absolute Gasteiger partial charge is 0.465 e. The number of carbonyl (C=O) groups excluding carboxylic acids is 2. The van der Waals surface area contributed by atoms with Crippen molar-refractivity contribution in [3.8, 4) is 0 Å². The van der Waals surface area contributed by atoms with Crippen LogP contribution in [0.3, 0.4) is 0 Å². The van der Waals surface area contributed by atoms with Gasteiger partial charge in [-0.05, 0) is 18.2 Å². The molecule has 0 radical (unpaired) electrons. The molecule has 0 aliphatic heterocycles. The average Bonchev–Trinajstić information content (AvgIpc) is 2.34. The van der Waals surface area contributed by atoms with Gasteiger partial charge in [-0.3, -0.25) is 9.78 Å². The number of thioether (sulfide) groups is 1. The van der Waals surface area contributed by atoms with E-state index in [-0.39, 0.29) is 5.12 Å². The molecular weight excluding hydrogens is 238 g/mol. The number of ether oxygens (including phenoxy) is 1. The van der Waals surface area contributed by atoms with E-state index < -0.39 is 5.97 Å². The third-order valence-electron chi connectivity index (χ3n) is 1.88. The number of pyridine rings is 1. The van der Waals surface area contributed by atoms with Crippen LogP contribution < -0.4 is 0 Å². The van der Waals surface area contributed by atoms with Gasteiger partial charge in [-0.2, -0.15) is 0 Å². The molecule has 90 valence electrons. The van der Waals surface area contributed by atoms with Gasteiger partial charge in [0.05, 0.1) is 18.4 Å². The van der Waals surface area contributed by atoms with Crippen LogP contribution in [0, 0.1) is 0 Å². The normalized spacial score (nSPS) is 10.5. The summed E-state index contributed by atoms with van der Waals surface area (Å²) >= 11 is 1.23. The molecule has 1 aromatic heterocycles. The van der Waals surface area contributed by atoms with E-state index in [4.69, 9.17) is 0 Å². The van der Waals surface area contributed by atoms with Crippen LogP contribution in [0.4, 0.5) is 0 Å². The lowest BCUT2D eigenvalue weighted by atomic mass is 10.2. The lowest BCUT2D eigenvalue weighted by Gasteiger charge is -1.98. The molecule has 0 saturated carbocycles. The molecule has 0 spiro atoms. The Morgan fingerprint density at radius 3 is 2.76 bits per heavy atom. The van der Waals surface area contributed by atoms with Gasteiger partial charge in [0.2, 0.25) is 0 Å². The van der Waals surface area contributed by atoms with E-state index in [9.17, 15) is 9.59 Å². The summed E-state index contributed by atoms with van der Waals surface area (Å²) in [4.78, 5) is 25.9. The Kier molecular flexibility index (Phi) is 5.42. The molecule has 1 aromatic rings. The molecule has 0 atom stereocenters. The number of hydrogen-bond donors (Lipinski definition) is 0. The van der Waals surface area contributed by atoms with Crippen LogP contribution in [0.5, 0.6) is 0 Å². The molecule has 0 aromatic carbocycles. The number of hydrogen-bond acceptors (Lipinski definition) is 5. The molecule has 4 nitrogen and oxygen atoms in total. The summed E-state index contributed by atoms with van der Waals surface area (Å²) < 4.78 is 4.56. The first-order chi connectivity index (χ1) is 8.13. The number of nitrogens with zero attached hydrogens (tertiary/aromatic N) is 1. The highest BCUT2D eigenvalue weighted by atomic mass is 32.2. The molecular formula is C12H13NO3S. The van der Waals surface area contributed by atoms with Crippen molar-refractivity contribution in [2.24, 2.45) is 0 Å². The first-order valence-corrected chi connectivity index (χ1v) is 5.96. The third-order valence-corrected chi connectivity index (χ3v) is 2.64. The summed E-state index contributed by atoms with van der Waals surface area (Å²) in [5.41, 5.74) is 1.16. The van der Waals surface area contributed by atoms with Gasteiger partial charge in [0.15, 0.2) is 5.12 Å². The first kappa shape index (κ1) is 13.4. The zero-order valence-electron chi connectivity index (χ0n) is 9.67. The smallest absolute Gasteiger partial charge is 0.339 e. The minimum atomic E-state index is -0.403. The summed E-state index contributed by atoms with van der Waals surface area (Å²) in [5, 5.41) is 0.0867. The predicted molar refractivity (Wildman–Crippen MR) is 67.7 cm³/mol. The molecule has 0 saturated heterocycles. The van der Waals surface area contributed by atoms with Gasteiger partial charge in [-0.25, -0.2) is 4.79 Å². The number of esters is 1. The Balaban J connectivity index is 2.56. The van der Waals surface area contributed by atoms with Crippen molar-refractivity contribution in [1.82, 2.24) is 4.98 Å². The van der Waals surface area contributed by atoms with E-state index >= 15 is 0 Å². The van der Waals surface area contributed by atoms with Crippen LogP contribution in [-0.2, 0) is 9.53 Å². The fourth-order valence-electron chi connectivity index (χ4n) is 1.08. The highest BCUT2D eigenvalue weighted by Crippen LogP contribution is 2.06. The van der Waals surface area contributed by atoms with Crippen molar-refractivity contribution >= 4 is 28.9 Å². The van der Waals surface area contributed by atoms with Gasteiger partial charge in [-0.1, -0.05) is 17.8 Å². The van der Waals surface area contributed by atoms with Crippen molar-refractivity contribution in [2.75, 3.05) is 12.9 Å². The molecule has 0 aliphatic carbocycles. The van der Waals surface area contributed by atoms with E-state index in [1.165, 1.54) is 32.0 Å². The van der Waals surface area contributed by atoms with Crippen molar-refractivity contribution in [3.05, 3.63) is 35.7 Å². The molecule has 0 unspecified atom stereocenters.